The molecular formula is C16H9ClN2. The summed E-state index contributed by atoms with van der Waals surface area (Å²) in [5.74, 6) is 0. The van der Waals surface area contributed by atoms with E-state index in [1.807, 2.05) is 24.3 Å². The first kappa shape index (κ1) is 10.7. The normalized spacial score (nSPS) is 11.4. The average Bonchev–Trinajstić information content (AvgIpc) is 2.47. The van der Waals surface area contributed by atoms with Crippen molar-refractivity contribution in [2.45, 2.75) is 0 Å². The highest BCUT2D eigenvalue weighted by Gasteiger charge is 2.09. The smallest absolute Gasteiger partial charge is 0.148 e. The van der Waals surface area contributed by atoms with Crippen LogP contribution in [0.2, 0.25) is 5.15 Å². The van der Waals surface area contributed by atoms with Crippen LogP contribution < -0.4 is 0 Å². The first-order valence-electron chi connectivity index (χ1n) is 6.06. The molecule has 0 radical (unpaired) electrons. The van der Waals surface area contributed by atoms with Gasteiger partial charge in [-0.25, -0.2) is 4.98 Å². The number of rotatable bonds is 0. The summed E-state index contributed by atoms with van der Waals surface area (Å²) in [5, 5.41) is 5.00. The third-order valence-corrected chi connectivity index (χ3v) is 3.58. The lowest BCUT2D eigenvalue weighted by molar-refractivity contribution is 1.31. The van der Waals surface area contributed by atoms with Crippen molar-refractivity contribution in [2.24, 2.45) is 0 Å². The Kier molecular flexibility index (Phi) is 2.20. The molecule has 0 atom stereocenters. The van der Waals surface area contributed by atoms with Crippen molar-refractivity contribution in [2.75, 3.05) is 0 Å². The molecule has 3 aromatic carbocycles. The molecule has 2 nitrogen and oxygen atoms in total. The van der Waals surface area contributed by atoms with Gasteiger partial charge >= 0.3 is 0 Å². The highest BCUT2D eigenvalue weighted by molar-refractivity contribution is 6.30. The molecule has 0 spiro atoms. The number of aromatic nitrogens is 2. The molecule has 0 saturated heterocycles. The van der Waals surface area contributed by atoms with E-state index in [1.165, 1.54) is 10.8 Å². The maximum atomic E-state index is 6.00. The Morgan fingerprint density at radius 3 is 1.84 bits per heavy atom. The lowest BCUT2D eigenvalue weighted by Crippen LogP contribution is -1.89. The molecule has 4 rings (SSSR count). The predicted octanol–water partition coefficient (Wildman–Crippen LogP) is 4.59. The monoisotopic (exact) mass is 264 g/mol. The molecule has 0 aliphatic rings. The van der Waals surface area contributed by atoms with Crippen LogP contribution in [0.25, 0.3) is 32.6 Å². The second kappa shape index (κ2) is 3.90. The Balaban J connectivity index is 2.43. The Hall–Kier alpha value is -2.19. The molecule has 1 aromatic heterocycles. The van der Waals surface area contributed by atoms with Gasteiger partial charge in [0, 0.05) is 10.8 Å². The zero-order chi connectivity index (χ0) is 12.8. The van der Waals surface area contributed by atoms with Crippen molar-refractivity contribution in [1.29, 1.82) is 0 Å². The van der Waals surface area contributed by atoms with Crippen LogP contribution in [-0.2, 0) is 0 Å². The lowest BCUT2D eigenvalue weighted by Gasteiger charge is -2.08. The third-order valence-electron chi connectivity index (χ3n) is 3.40. The van der Waals surface area contributed by atoms with Crippen LogP contribution in [0.5, 0.6) is 0 Å². The second-order valence-corrected chi connectivity index (χ2v) is 4.87. The Morgan fingerprint density at radius 2 is 1.21 bits per heavy atom. The van der Waals surface area contributed by atoms with E-state index >= 15 is 0 Å². The SMILES string of the molecule is Clc1cnc2c3ccccc3c3ccccc3c2n1. The lowest BCUT2D eigenvalue weighted by atomic mass is 10.00. The van der Waals surface area contributed by atoms with Crippen LogP contribution >= 0.6 is 11.6 Å². The van der Waals surface area contributed by atoms with Gasteiger partial charge in [0.2, 0.25) is 0 Å². The van der Waals surface area contributed by atoms with Crippen LogP contribution in [0, 0.1) is 0 Å². The minimum absolute atomic E-state index is 0.424. The van der Waals surface area contributed by atoms with Gasteiger partial charge in [-0.1, -0.05) is 60.1 Å². The van der Waals surface area contributed by atoms with E-state index in [0.29, 0.717) is 5.15 Å². The van der Waals surface area contributed by atoms with E-state index in [0.717, 1.165) is 21.8 Å². The highest BCUT2D eigenvalue weighted by atomic mass is 35.5. The van der Waals surface area contributed by atoms with Crippen molar-refractivity contribution in [3.8, 4) is 0 Å². The van der Waals surface area contributed by atoms with Crippen molar-refractivity contribution in [1.82, 2.24) is 9.97 Å². The minimum atomic E-state index is 0.424. The first-order chi connectivity index (χ1) is 9.34. The van der Waals surface area contributed by atoms with E-state index < -0.39 is 0 Å². The number of benzene rings is 3. The summed E-state index contributed by atoms with van der Waals surface area (Å²) in [6.45, 7) is 0. The van der Waals surface area contributed by atoms with Crippen LogP contribution in [0.4, 0.5) is 0 Å². The van der Waals surface area contributed by atoms with Gasteiger partial charge in [-0.05, 0) is 10.8 Å². The van der Waals surface area contributed by atoms with E-state index in [9.17, 15) is 0 Å². The quantitative estimate of drug-likeness (QED) is 0.434. The fraction of sp³-hybridized carbons (Fsp3) is 0. The van der Waals surface area contributed by atoms with E-state index in [1.54, 1.807) is 6.20 Å². The van der Waals surface area contributed by atoms with Gasteiger partial charge in [-0.2, -0.15) is 0 Å². The molecule has 90 valence electrons. The molecule has 19 heavy (non-hydrogen) atoms. The van der Waals surface area contributed by atoms with Gasteiger partial charge in [-0.15, -0.1) is 0 Å². The largest absolute Gasteiger partial charge is 0.251 e. The summed E-state index contributed by atoms with van der Waals surface area (Å²) >= 11 is 6.00. The maximum Gasteiger partial charge on any atom is 0.148 e. The van der Waals surface area contributed by atoms with E-state index in [2.05, 4.69) is 34.2 Å². The Morgan fingerprint density at radius 1 is 0.684 bits per heavy atom. The highest BCUT2D eigenvalue weighted by Crippen LogP contribution is 2.32. The van der Waals surface area contributed by atoms with Gasteiger partial charge in [0.15, 0.2) is 0 Å². The molecule has 0 fully saturated rings. The molecule has 0 N–H and O–H groups in total. The number of fused-ring (bicyclic) bond motifs is 6. The van der Waals surface area contributed by atoms with E-state index in [-0.39, 0.29) is 0 Å². The standard InChI is InChI=1S/C16H9ClN2/c17-14-9-18-15-12-7-3-1-5-10(12)11-6-2-4-8-13(11)16(15)19-14/h1-9H. The van der Waals surface area contributed by atoms with Gasteiger partial charge in [0.25, 0.3) is 0 Å². The summed E-state index contributed by atoms with van der Waals surface area (Å²) in [6, 6.07) is 16.5. The second-order valence-electron chi connectivity index (χ2n) is 4.48. The van der Waals surface area contributed by atoms with Gasteiger partial charge < -0.3 is 0 Å². The van der Waals surface area contributed by atoms with Gasteiger partial charge in [-0.3, -0.25) is 4.98 Å². The summed E-state index contributed by atoms with van der Waals surface area (Å²) < 4.78 is 0. The van der Waals surface area contributed by atoms with Crippen LogP contribution in [0.15, 0.2) is 54.7 Å². The topological polar surface area (TPSA) is 25.8 Å². The molecular weight excluding hydrogens is 256 g/mol. The zero-order valence-electron chi connectivity index (χ0n) is 9.97. The molecule has 0 amide bonds. The van der Waals surface area contributed by atoms with Gasteiger partial charge in [0.1, 0.15) is 5.15 Å². The van der Waals surface area contributed by atoms with Crippen molar-refractivity contribution >= 4 is 44.2 Å². The molecule has 4 aromatic rings. The molecule has 0 aliphatic carbocycles. The van der Waals surface area contributed by atoms with Crippen LogP contribution in [0.3, 0.4) is 0 Å². The summed E-state index contributed by atoms with van der Waals surface area (Å²) in [5.41, 5.74) is 1.76. The summed E-state index contributed by atoms with van der Waals surface area (Å²) in [4.78, 5) is 8.92. The Labute approximate surface area is 114 Å². The minimum Gasteiger partial charge on any atom is -0.251 e. The van der Waals surface area contributed by atoms with Crippen molar-refractivity contribution in [3.05, 3.63) is 59.9 Å². The van der Waals surface area contributed by atoms with Crippen molar-refractivity contribution in [3.63, 3.8) is 0 Å². The Bertz CT molecular complexity index is 896. The number of hydrogen-bond acceptors (Lipinski definition) is 2. The van der Waals surface area contributed by atoms with Crippen LogP contribution in [-0.4, -0.2) is 9.97 Å². The first-order valence-corrected chi connectivity index (χ1v) is 6.44. The molecule has 0 bridgehead atoms. The van der Waals surface area contributed by atoms with E-state index in [4.69, 9.17) is 11.6 Å². The molecule has 0 saturated carbocycles. The molecule has 0 unspecified atom stereocenters. The predicted molar refractivity (Wildman–Crippen MR) is 79.6 cm³/mol. The molecule has 0 aliphatic heterocycles. The fourth-order valence-electron chi connectivity index (χ4n) is 2.60. The summed E-state index contributed by atoms with van der Waals surface area (Å²) in [7, 11) is 0. The third kappa shape index (κ3) is 1.50. The number of halogens is 1. The maximum absolute atomic E-state index is 6.00. The average molecular weight is 265 g/mol. The fourth-order valence-corrected chi connectivity index (χ4v) is 2.73. The summed E-state index contributed by atoms with van der Waals surface area (Å²) in [6.07, 6.45) is 1.60. The van der Waals surface area contributed by atoms with Gasteiger partial charge in [0.05, 0.1) is 17.2 Å². The number of hydrogen-bond donors (Lipinski definition) is 0. The molecule has 3 heteroatoms. The number of nitrogens with zero attached hydrogens (tertiary/aromatic N) is 2. The zero-order valence-corrected chi connectivity index (χ0v) is 10.7. The van der Waals surface area contributed by atoms with Crippen molar-refractivity contribution < 1.29 is 0 Å². The molecule has 1 heterocycles. The van der Waals surface area contributed by atoms with Crippen LogP contribution in [0.1, 0.15) is 0 Å².